The van der Waals surface area contributed by atoms with Crippen molar-refractivity contribution in [3.05, 3.63) is 64.7 Å². The molecule has 1 N–H and O–H groups in total. The fourth-order valence-electron chi connectivity index (χ4n) is 3.86. The molecule has 2 aromatic carbocycles. The molecule has 2 aliphatic rings. The second-order valence-electron chi connectivity index (χ2n) is 7.80. The minimum Gasteiger partial charge on any atom is -0.378 e. The summed E-state index contributed by atoms with van der Waals surface area (Å²) >= 11 is 6.02. The minimum absolute atomic E-state index is 0.0662. The molecule has 164 valence electrons. The van der Waals surface area contributed by atoms with Crippen molar-refractivity contribution in [3.8, 4) is 0 Å². The minimum atomic E-state index is -0.157. The topological polar surface area (TPSA) is 65.1 Å². The molecule has 0 radical (unpaired) electrons. The summed E-state index contributed by atoms with van der Waals surface area (Å²) in [5.74, 6) is -0.157. The highest BCUT2D eigenvalue weighted by Gasteiger charge is 2.29. The van der Waals surface area contributed by atoms with Gasteiger partial charge in [0.05, 0.1) is 13.2 Å². The van der Waals surface area contributed by atoms with Gasteiger partial charge in [0.1, 0.15) is 6.54 Å². The summed E-state index contributed by atoms with van der Waals surface area (Å²) in [6, 6.07) is 15.6. The number of nitrogens with one attached hydrogen (secondary N) is 1. The summed E-state index contributed by atoms with van der Waals surface area (Å²) in [5.41, 5.74) is 3.18. The van der Waals surface area contributed by atoms with Gasteiger partial charge in [0.15, 0.2) is 0 Å². The van der Waals surface area contributed by atoms with Gasteiger partial charge in [-0.25, -0.2) is 4.79 Å². The van der Waals surface area contributed by atoms with Gasteiger partial charge in [-0.3, -0.25) is 4.79 Å². The Morgan fingerprint density at radius 2 is 1.71 bits per heavy atom. The number of anilines is 1. The molecule has 0 bridgehead atoms. The van der Waals surface area contributed by atoms with Gasteiger partial charge < -0.3 is 24.8 Å². The summed E-state index contributed by atoms with van der Waals surface area (Å²) in [6.45, 7) is 5.44. The van der Waals surface area contributed by atoms with E-state index in [1.54, 1.807) is 9.80 Å². The second kappa shape index (κ2) is 10.0. The Morgan fingerprint density at radius 3 is 2.45 bits per heavy atom. The monoisotopic (exact) mass is 442 g/mol. The lowest BCUT2D eigenvalue weighted by Crippen LogP contribution is -2.39. The maximum absolute atomic E-state index is 12.6. The zero-order valence-corrected chi connectivity index (χ0v) is 18.2. The van der Waals surface area contributed by atoms with Crippen molar-refractivity contribution in [2.75, 3.05) is 50.8 Å². The van der Waals surface area contributed by atoms with E-state index in [9.17, 15) is 9.59 Å². The van der Waals surface area contributed by atoms with Crippen molar-refractivity contribution >= 4 is 29.2 Å². The number of urea groups is 1. The molecule has 8 heteroatoms. The normalized spacial score (nSPS) is 16.7. The van der Waals surface area contributed by atoms with Crippen LogP contribution in [0.25, 0.3) is 0 Å². The first kappa shape index (κ1) is 21.5. The first-order valence-corrected chi connectivity index (χ1v) is 10.9. The maximum Gasteiger partial charge on any atom is 0.320 e. The van der Waals surface area contributed by atoms with E-state index in [0.29, 0.717) is 31.2 Å². The van der Waals surface area contributed by atoms with Gasteiger partial charge in [0, 0.05) is 50.0 Å². The molecule has 2 fully saturated rings. The fourth-order valence-corrected chi connectivity index (χ4v) is 4.07. The third-order valence-corrected chi connectivity index (χ3v) is 5.82. The predicted molar refractivity (Wildman–Crippen MR) is 120 cm³/mol. The fraction of sp³-hybridized carbons (Fsp3) is 0.391. The number of morpholine rings is 1. The van der Waals surface area contributed by atoms with Crippen LogP contribution in [0.3, 0.4) is 0 Å². The Kier molecular flexibility index (Phi) is 6.94. The van der Waals surface area contributed by atoms with Crippen LogP contribution >= 0.6 is 11.6 Å². The summed E-state index contributed by atoms with van der Waals surface area (Å²) in [4.78, 5) is 30.6. The number of carbonyl (C=O) groups excluding carboxylic acids is 2. The molecular formula is C23H27ClN4O3. The summed E-state index contributed by atoms with van der Waals surface area (Å²) in [6.07, 6.45) is 0. The van der Waals surface area contributed by atoms with Crippen LogP contribution < -0.4 is 10.2 Å². The van der Waals surface area contributed by atoms with Crippen LogP contribution in [-0.2, 0) is 22.6 Å². The van der Waals surface area contributed by atoms with Gasteiger partial charge in [-0.2, -0.15) is 0 Å². The Hall–Kier alpha value is -2.77. The largest absolute Gasteiger partial charge is 0.378 e. The van der Waals surface area contributed by atoms with E-state index < -0.39 is 0 Å². The van der Waals surface area contributed by atoms with Crippen LogP contribution in [0.2, 0.25) is 5.02 Å². The number of carbonyl (C=O) groups is 2. The van der Waals surface area contributed by atoms with Gasteiger partial charge in [-0.1, -0.05) is 35.9 Å². The first-order chi connectivity index (χ1) is 15.1. The van der Waals surface area contributed by atoms with Crippen molar-refractivity contribution in [2.45, 2.75) is 13.1 Å². The zero-order valence-electron chi connectivity index (χ0n) is 17.4. The van der Waals surface area contributed by atoms with Crippen LogP contribution in [0.15, 0.2) is 48.5 Å². The van der Waals surface area contributed by atoms with Crippen molar-refractivity contribution in [1.82, 2.24) is 15.1 Å². The molecule has 0 atom stereocenters. The molecule has 0 aliphatic carbocycles. The molecule has 31 heavy (non-hydrogen) atoms. The van der Waals surface area contributed by atoms with Crippen LogP contribution in [0, 0.1) is 0 Å². The van der Waals surface area contributed by atoms with Crippen LogP contribution in [0.5, 0.6) is 0 Å². The number of hydrogen-bond donors (Lipinski definition) is 1. The van der Waals surface area contributed by atoms with Gasteiger partial charge in [-0.15, -0.1) is 0 Å². The van der Waals surface area contributed by atoms with Crippen molar-refractivity contribution in [3.63, 3.8) is 0 Å². The van der Waals surface area contributed by atoms with E-state index in [1.807, 2.05) is 36.4 Å². The van der Waals surface area contributed by atoms with Gasteiger partial charge >= 0.3 is 6.03 Å². The zero-order chi connectivity index (χ0) is 21.6. The number of rotatable bonds is 7. The molecule has 7 nitrogen and oxygen atoms in total. The molecule has 0 saturated carbocycles. The van der Waals surface area contributed by atoms with Crippen LogP contribution in [-0.4, -0.2) is 67.7 Å². The third-order valence-electron chi connectivity index (χ3n) is 5.58. The molecule has 2 heterocycles. The maximum atomic E-state index is 12.6. The van der Waals surface area contributed by atoms with Crippen LogP contribution in [0.4, 0.5) is 10.5 Å². The third kappa shape index (κ3) is 5.68. The number of hydrogen-bond acceptors (Lipinski definition) is 4. The van der Waals surface area contributed by atoms with Gasteiger partial charge in [0.2, 0.25) is 5.91 Å². The molecular weight excluding hydrogens is 416 g/mol. The average molecular weight is 443 g/mol. The van der Waals surface area contributed by atoms with E-state index in [4.69, 9.17) is 16.3 Å². The second-order valence-corrected chi connectivity index (χ2v) is 8.23. The van der Waals surface area contributed by atoms with E-state index in [2.05, 4.69) is 22.3 Å². The number of amides is 3. The van der Waals surface area contributed by atoms with Crippen LogP contribution in [0.1, 0.15) is 11.1 Å². The molecule has 3 amide bonds. The Bertz CT molecular complexity index is 915. The molecule has 2 aliphatic heterocycles. The lowest BCUT2D eigenvalue weighted by Gasteiger charge is -2.28. The van der Waals surface area contributed by atoms with Crippen molar-refractivity contribution in [2.24, 2.45) is 0 Å². The van der Waals surface area contributed by atoms with Crippen molar-refractivity contribution < 1.29 is 14.3 Å². The molecule has 2 saturated heterocycles. The number of ether oxygens (including phenoxy) is 1. The smallest absolute Gasteiger partial charge is 0.320 e. The first-order valence-electron chi connectivity index (χ1n) is 10.5. The van der Waals surface area contributed by atoms with Gasteiger partial charge in [0.25, 0.3) is 0 Å². The average Bonchev–Trinajstić information content (AvgIpc) is 3.12. The molecule has 4 rings (SSSR count). The predicted octanol–water partition coefficient (Wildman–Crippen LogP) is 2.73. The number of benzene rings is 2. The summed E-state index contributed by atoms with van der Waals surface area (Å²) < 4.78 is 5.39. The lowest BCUT2D eigenvalue weighted by molar-refractivity contribution is -0.121. The highest BCUT2D eigenvalue weighted by Crippen LogP contribution is 2.18. The molecule has 0 spiro atoms. The van der Waals surface area contributed by atoms with Crippen molar-refractivity contribution in [1.29, 1.82) is 0 Å². The van der Waals surface area contributed by atoms with E-state index in [-0.39, 0.29) is 18.5 Å². The molecule has 0 aromatic heterocycles. The Morgan fingerprint density at radius 1 is 0.968 bits per heavy atom. The summed E-state index contributed by atoms with van der Waals surface area (Å²) in [5, 5.41) is 3.57. The Labute approximate surface area is 187 Å². The highest BCUT2D eigenvalue weighted by atomic mass is 35.5. The van der Waals surface area contributed by atoms with Gasteiger partial charge in [-0.05, 0) is 35.4 Å². The highest BCUT2D eigenvalue weighted by molar-refractivity contribution is 6.30. The number of nitrogens with zero attached hydrogens (tertiary/aromatic N) is 3. The lowest BCUT2D eigenvalue weighted by atomic mass is 10.2. The van der Waals surface area contributed by atoms with E-state index in [0.717, 1.165) is 37.4 Å². The SMILES string of the molecule is O=C(CN1CCN(Cc2cccc(Cl)c2)C1=O)NCc1ccc(N2CCOCC2)cc1. The quantitative estimate of drug-likeness (QED) is 0.716. The summed E-state index contributed by atoms with van der Waals surface area (Å²) in [7, 11) is 0. The number of halogens is 1. The molecule has 2 aromatic rings. The molecule has 0 unspecified atom stereocenters. The standard InChI is InChI=1S/C23H27ClN4O3/c24-20-3-1-2-19(14-20)16-27-8-9-28(23(27)30)17-22(29)25-15-18-4-6-21(7-5-18)26-10-12-31-13-11-26/h1-7,14H,8-13,15-17H2,(H,25,29). The van der Waals surface area contributed by atoms with E-state index in [1.165, 1.54) is 5.69 Å². The Balaban J connectivity index is 1.23. The van der Waals surface area contributed by atoms with E-state index >= 15 is 0 Å².